The van der Waals surface area contributed by atoms with Crippen LogP contribution in [0.5, 0.6) is 34.5 Å². The molecular weight excluding hydrogens is 380 g/mol. The van der Waals surface area contributed by atoms with Crippen molar-refractivity contribution in [3.8, 4) is 45.8 Å². The van der Waals surface area contributed by atoms with Crippen molar-refractivity contribution in [3.05, 3.63) is 39.6 Å². The Bertz CT molecular complexity index is 1230. The number of phenolic OH excluding ortho intramolecular Hbond substituents is 4. The van der Waals surface area contributed by atoms with Crippen LogP contribution in [0.4, 0.5) is 0 Å². The lowest BCUT2D eigenvalue weighted by Gasteiger charge is -2.16. The second-order valence-corrected chi connectivity index (χ2v) is 6.75. The Morgan fingerprint density at radius 3 is 2.14 bits per heavy atom. The summed E-state index contributed by atoms with van der Waals surface area (Å²) in [4.78, 5) is 12.9. The lowest BCUT2D eigenvalue weighted by atomic mass is 9.97. The maximum atomic E-state index is 12.9. The minimum Gasteiger partial charge on any atom is -0.506 e. The van der Waals surface area contributed by atoms with Gasteiger partial charge in [-0.05, 0) is 44.5 Å². The topological polar surface area (TPSA) is 141 Å². The second kappa shape index (κ2) is 6.97. The predicted molar refractivity (Wildman–Crippen MR) is 107 cm³/mol. The van der Waals surface area contributed by atoms with Crippen molar-refractivity contribution < 1.29 is 34.7 Å². The quantitative estimate of drug-likeness (QED) is 0.418. The number of fused-ring (bicyclic) bond motifs is 1. The third-order valence-electron chi connectivity index (χ3n) is 4.79. The summed E-state index contributed by atoms with van der Waals surface area (Å²) in [6.45, 7) is 5.20. The number of methoxy groups -OCH3 is 1. The molecule has 0 bridgehead atoms. The number of phenols is 4. The first-order valence-electron chi connectivity index (χ1n) is 8.58. The summed E-state index contributed by atoms with van der Waals surface area (Å²) in [6, 6.07) is 3.56. The summed E-state index contributed by atoms with van der Waals surface area (Å²) in [6.07, 6.45) is 0. The van der Waals surface area contributed by atoms with E-state index in [4.69, 9.17) is 9.15 Å². The molecule has 1 aromatic heterocycles. The van der Waals surface area contributed by atoms with Crippen LogP contribution in [0.25, 0.3) is 27.9 Å². The molecule has 0 spiro atoms. The third kappa shape index (κ3) is 2.98. The fourth-order valence-corrected chi connectivity index (χ4v) is 3.01. The maximum Gasteiger partial charge on any atom is 0.238 e. The van der Waals surface area contributed by atoms with Crippen molar-refractivity contribution in [2.75, 3.05) is 7.11 Å². The molecule has 0 aliphatic heterocycles. The Labute approximate surface area is 165 Å². The summed E-state index contributed by atoms with van der Waals surface area (Å²) in [5, 5.41) is 50.6. The average molecular weight is 400 g/mol. The molecule has 152 valence electrons. The summed E-state index contributed by atoms with van der Waals surface area (Å²) in [5.41, 5.74) is 0.150. The molecule has 0 aliphatic rings. The Morgan fingerprint density at radius 1 is 0.931 bits per heavy atom. The zero-order valence-corrected chi connectivity index (χ0v) is 16.2. The highest BCUT2D eigenvalue weighted by Gasteiger charge is 2.28. The predicted octanol–water partition coefficient (Wildman–Crippen LogP) is 3.81. The van der Waals surface area contributed by atoms with Crippen molar-refractivity contribution in [3.63, 3.8) is 0 Å². The first-order valence-corrected chi connectivity index (χ1v) is 8.58. The average Bonchev–Trinajstić information content (AvgIpc) is 2.66. The van der Waals surface area contributed by atoms with E-state index in [9.17, 15) is 30.3 Å². The first kappa shape index (κ1) is 19.9. The van der Waals surface area contributed by atoms with Crippen molar-refractivity contribution in [1.29, 1.82) is 0 Å². The normalized spacial score (nSPS) is 10.9. The molecule has 0 aliphatic carbocycles. The molecule has 0 saturated carbocycles. The summed E-state index contributed by atoms with van der Waals surface area (Å²) < 4.78 is 10.9. The van der Waals surface area contributed by atoms with Gasteiger partial charge in [-0.3, -0.25) is 4.79 Å². The van der Waals surface area contributed by atoms with Gasteiger partial charge in [0, 0.05) is 5.56 Å². The van der Waals surface area contributed by atoms with E-state index in [1.807, 2.05) is 0 Å². The highest BCUT2D eigenvalue weighted by atomic mass is 16.5. The lowest BCUT2D eigenvalue weighted by Crippen LogP contribution is -2.06. The van der Waals surface area contributed by atoms with Crippen molar-refractivity contribution in [2.24, 2.45) is 0 Å². The molecule has 0 fully saturated rings. The summed E-state index contributed by atoms with van der Waals surface area (Å²) in [7, 11) is 1.26. The maximum absolute atomic E-state index is 12.9. The number of ether oxygens (including phenoxy) is 1. The Morgan fingerprint density at radius 2 is 1.59 bits per heavy atom. The van der Waals surface area contributed by atoms with E-state index in [-0.39, 0.29) is 33.6 Å². The van der Waals surface area contributed by atoms with Gasteiger partial charge in [0.1, 0.15) is 11.1 Å². The smallest absolute Gasteiger partial charge is 0.238 e. The second-order valence-electron chi connectivity index (χ2n) is 6.75. The van der Waals surface area contributed by atoms with E-state index >= 15 is 0 Å². The monoisotopic (exact) mass is 400 g/mol. The molecule has 2 aromatic carbocycles. The van der Waals surface area contributed by atoms with Gasteiger partial charge < -0.3 is 34.7 Å². The Hall–Kier alpha value is -3.81. The Balaban J connectivity index is 2.51. The molecule has 5 N–H and O–H groups in total. The standard InChI is InChI=1S/C21H20O8/c1-8(2)9(3)13-15(24)14-16(25)18(27)19(10-5-6-11(22)12(23)7-10)29-20(14)21(28-4)17(13)26/h5-7,22-24,26-27H,1-4H3. The van der Waals surface area contributed by atoms with Gasteiger partial charge >= 0.3 is 0 Å². The zero-order valence-electron chi connectivity index (χ0n) is 16.2. The van der Waals surface area contributed by atoms with E-state index in [1.165, 1.54) is 13.2 Å². The molecule has 0 radical (unpaired) electrons. The largest absolute Gasteiger partial charge is 0.506 e. The SMILES string of the molecule is COc1c(O)c(C(C)=C(C)C)c(O)c2c(=O)c(O)c(-c3ccc(O)c(O)c3)oc12. The number of rotatable bonds is 3. The number of hydrogen-bond acceptors (Lipinski definition) is 8. The number of allylic oxidation sites excluding steroid dienone is 2. The van der Waals surface area contributed by atoms with Crippen LogP contribution in [0.2, 0.25) is 0 Å². The molecule has 3 rings (SSSR count). The van der Waals surface area contributed by atoms with E-state index in [0.717, 1.165) is 17.7 Å². The van der Waals surface area contributed by atoms with Gasteiger partial charge in [-0.1, -0.05) is 5.57 Å². The molecule has 0 unspecified atom stereocenters. The van der Waals surface area contributed by atoms with Crippen molar-refractivity contribution >= 4 is 16.5 Å². The molecule has 0 saturated heterocycles. The lowest BCUT2D eigenvalue weighted by molar-refractivity contribution is 0.364. The molecule has 29 heavy (non-hydrogen) atoms. The van der Waals surface area contributed by atoms with Crippen LogP contribution in [0.3, 0.4) is 0 Å². The van der Waals surface area contributed by atoms with Gasteiger partial charge in [-0.2, -0.15) is 0 Å². The van der Waals surface area contributed by atoms with Crippen LogP contribution in [-0.4, -0.2) is 32.6 Å². The van der Waals surface area contributed by atoms with Crippen LogP contribution in [0.15, 0.2) is 33.0 Å². The molecule has 8 heteroatoms. The van der Waals surface area contributed by atoms with Crippen LogP contribution < -0.4 is 10.2 Å². The Kier molecular flexibility index (Phi) is 4.79. The minimum absolute atomic E-state index is 0.00363. The first-order chi connectivity index (χ1) is 13.6. The van der Waals surface area contributed by atoms with Crippen LogP contribution in [0.1, 0.15) is 26.3 Å². The molecule has 3 aromatic rings. The number of aromatic hydroxyl groups is 5. The van der Waals surface area contributed by atoms with Gasteiger partial charge in [0.05, 0.1) is 12.7 Å². The molecule has 8 nitrogen and oxygen atoms in total. The van der Waals surface area contributed by atoms with E-state index < -0.39 is 34.2 Å². The number of hydrogen-bond donors (Lipinski definition) is 5. The molecule has 0 amide bonds. The van der Waals surface area contributed by atoms with Crippen LogP contribution in [-0.2, 0) is 0 Å². The minimum atomic E-state index is -0.951. The molecule has 0 atom stereocenters. The van der Waals surface area contributed by atoms with Gasteiger partial charge in [0.15, 0.2) is 28.6 Å². The highest BCUT2D eigenvalue weighted by molar-refractivity contribution is 5.99. The number of benzene rings is 2. The highest BCUT2D eigenvalue weighted by Crippen LogP contribution is 2.49. The molecular formula is C21H20O8. The summed E-state index contributed by atoms with van der Waals surface area (Å²) in [5.74, 6) is -3.21. The van der Waals surface area contributed by atoms with Gasteiger partial charge in [-0.25, -0.2) is 0 Å². The van der Waals surface area contributed by atoms with Gasteiger partial charge in [0.2, 0.25) is 16.9 Å². The fourth-order valence-electron chi connectivity index (χ4n) is 3.01. The van der Waals surface area contributed by atoms with Crippen molar-refractivity contribution in [2.45, 2.75) is 20.8 Å². The third-order valence-corrected chi connectivity index (χ3v) is 4.79. The van der Waals surface area contributed by atoms with Crippen LogP contribution >= 0.6 is 0 Å². The van der Waals surface area contributed by atoms with Crippen molar-refractivity contribution in [1.82, 2.24) is 0 Å². The fraction of sp³-hybridized carbons (Fsp3) is 0.190. The zero-order chi connectivity index (χ0) is 21.6. The van der Waals surface area contributed by atoms with Gasteiger partial charge in [0.25, 0.3) is 0 Å². The van der Waals surface area contributed by atoms with Gasteiger partial charge in [-0.15, -0.1) is 0 Å². The van der Waals surface area contributed by atoms with Crippen LogP contribution in [0, 0.1) is 0 Å². The summed E-state index contributed by atoms with van der Waals surface area (Å²) >= 11 is 0. The van der Waals surface area contributed by atoms with E-state index in [2.05, 4.69) is 0 Å². The molecule has 1 heterocycles. The van der Waals surface area contributed by atoms with E-state index in [0.29, 0.717) is 5.57 Å². The van der Waals surface area contributed by atoms with E-state index in [1.54, 1.807) is 20.8 Å².